The molecule has 0 bridgehead atoms. The van der Waals surface area contributed by atoms with Crippen molar-refractivity contribution in [2.75, 3.05) is 0 Å². The molecule has 1 N–H and O–H groups in total. The van der Waals surface area contributed by atoms with Crippen molar-refractivity contribution < 1.29 is 14.8 Å². The van der Waals surface area contributed by atoms with Crippen molar-refractivity contribution in [2.45, 2.75) is 6.54 Å². The van der Waals surface area contributed by atoms with Crippen LogP contribution in [0.2, 0.25) is 0 Å². The van der Waals surface area contributed by atoms with Crippen LogP contribution in [0.25, 0.3) is 0 Å². The Bertz CT molecular complexity index is 586. The molecule has 0 spiro atoms. The van der Waals surface area contributed by atoms with Crippen LogP contribution in [0.1, 0.15) is 15.9 Å². The molecule has 6 heteroatoms. The van der Waals surface area contributed by atoms with E-state index in [0.29, 0.717) is 6.54 Å². The molecule has 0 aliphatic heterocycles. The maximum atomic E-state index is 10.7. The summed E-state index contributed by atoms with van der Waals surface area (Å²) < 4.78 is 1.71. The van der Waals surface area contributed by atoms with E-state index in [1.165, 1.54) is 24.4 Å². The summed E-state index contributed by atoms with van der Waals surface area (Å²) >= 11 is 0. The minimum Gasteiger partial charge on any atom is -0.478 e. The zero-order chi connectivity index (χ0) is 13.1. The second-order valence-corrected chi connectivity index (χ2v) is 3.80. The Morgan fingerprint density at radius 1 is 1.28 bits per heavy atom. The molecule has 0 saturated heterocycles. The van der Waals surface area contributed by atoms with E-state index < -0.39 is 10.9 Å². The molecule has 18 heavy (non-hydrogen) atoms. The predicted octanol–water partition coefficient (Wildman–Crippen LogP) is 2.14. The van der Waals surface area contributed by atoms with E-state index in [4.69, 9.17) is 5.11 Å². The highest BCUT2D eigenvalue weighted by Gasteiger charge is 2.06. The highest BCUT2D eigenvalue weighted by atomic mass is 16.6. The Morgan fingerprint density at radius 3 is 2.44 bits per heavy atom. The molecule has 1 aromatic carbocycles. The lowest BCUT2D eigenvalue weighted by Gasteiger charge is -2.02. The lowest BCUT2D eigenvalue weighted by atomic mass is 10.2. The van der Waals surface area contributed by atoms with Crippen LogP contribution in [-0.2, 0) is 6.54 Å². The van der Waals surface area contributed by atoms with Gasteiger partial charge in [-0.15, -0.1) is 0 Å². The number of nitro groups is 1. The molecule has 0 fully saturated rings. The van der Waals surface area contributed by atoms with Crippen LogP contribution >= 0.6 is 0 Å². The fourth-order valence-electron chi connectivity index (χ4n) is 1.60. The lowest BCUT2D eigenvalue weighted by molar-refractivity contribution is -0.384. The van der Waals surface area contributed by atoms with Crippen molar-refractivity contribution in [1.29, 1.82) is 0 Å². The summed E-state index contributed by atoms with van der Waals surface area (Å²) in [7, 11) is 0. The quantitative estimate of drug-likeness (QED) is 0.661. The van der Waals surface area contributed by atoms with Crippen LogP contribution in [0.5, 0.6) is 0 Å². The van der Waals surface area contributed by atoms with Gasteiger partial charge in [0.2, 0.25) is 0 Å². The molecule has 0 aliphatic carbocycles. The topological polar surface area (TPSA) is 85.4 Å². The van der Waals surface area contributed by atoms with Gasteiger partial charge in [0.05, 0.1) is 10.5 Å². The number of hydrogen-bond donors (Lipinski definition) is 1. The van der Waals surface area contributed by atoms with Crippen molar-refractivity contribution >= 4 is 11.7 Å². The number of aromatic nitrogens is 1. The number of carboxylic acid groups (broad SMARTS) is 1. The normalized spacial score (nSPS) is 10.2. The minimum absolute atomic E-state index is 0.0393. The van der Waals surface area contributed by atoms with E-state index in [0.717, 1.165) is 5.56 Å². The van der Waals surface area contributed by atoms with Crippen LogP contribution in [0.15, 0.2) is 42.7 Å². The van der Waals surface area contributed by atoms with Crippen molar-refractivity contribution in [2.24, 2.45) is 0 Å². The van der Waals surface area contributed by atoms with Crippen LogP contribution < -0.4 is 0 Å². The predicted molar refractivity (Wildman–Crippen MR) is 63.6 cm³/mol. The maximum absolute atomic E-state index is 10.7. The standard InChI is InChI=1S/C12H10N2O4/c15-12(16)10-5-6-13(8-10)7-9-1-3-11(4-2-9)14(17)18/h1-6,8H,7H2,(H,15,16). The van der Waals surface area contributed by atoms with Crippen molar-refractivity contribution in [3.63, 3.8) is 0 Å². The molecule has 1 aromatic heterocycles. The van der Waals surface area contributed by atoms with Gasteiger partial charge in [-0.1, -0.05) is 12.1 Å². The Labute approximate surface area is 102 Å². The van der Waals surface area contributed by atoms with E-state index in [9.17, 15) is 14.9 Å². The molecule has 2 rings (SSSR count). The second-order valence-electron chi connectivity index (χ2n) is 3.80. The largest absolute Gasteiger partial charge is 0.478 e. The number of carboxylic acids is 1. The highest BCUT2D eigenvalue weighted by molar-refractivity contribution is 5.87. The lowest BCUT2D eigenvalue weighted by Crippen LogP contribution is -1.98. The molecular formula is C12H10N2O4. The van der Waals surface area contributed by atoms with Gasteiger partial charge in [0.15, 0.2) is 0 Å². The number of non-ortho nitro benzene ring substituents is 1. The summed E-state index contributed by atoms with van der Waals surface area (Å²) in [5.41, 5.74) is 1.13. The van der Waals surface area contributed by atoms with Crippen LogP contribution in [0, 0.1) is 10.1 Å². The molecule has 92 valence electrons. The third kappa shape index (κ3) is 2.54. The molecule has 0 unspecified atom stereocenters. The summed E-state index contributed by atoms with van der Waals surface area (Å²) in [5, 5.41) is 19.3. The Balaban J connectivity index is 2.13. The van der Waals surface area contributed by atoms with Gasteiger partial charge >= 0.3 is 5.97 Å². The number of nitro benzene ring substituents is 1. The van der Waals surface area contributed by atoms with Gasteiger partial charge in [0, 0.05) is 31.1 Å². The van der Waals surface area contributed by atoms with Crippen LogP contribution in [-0.4, -0.2) is 20.6 Å². The molecule has 1 heterocycles. The molecule has 2 aromatic rings. The SMILES string of the molecule is O=C(O)c1ccn(Cc2ccc([N+](=O)[O-])cc2)c1. The summed E-state index contributed by atoms with van der Waals surface area (Å²) in [5.74, 6) is -0.975. The van der Waals surface area contributed by atoms with E-state index in [2.05, 4.69) is 0 Å². The first-order valence-electron chi connectivity index (χ1n) is 5.18. The first-order chi connectivity index (χ1) is 8.56. The average molecular weight is 246 g/mol. The van der Waals surface area contributed by atoms with E-state index in [1.54, 1.807) is 22.9 Å². The van der Waals surface area contributed by atoms with Crippen molar-refractivity contribution in [3.05, 3.63) is 64.0 Å². The van der Waals surface area contributed by atoms with Gasteiger partial charge in [-0.05, 0) is 11.6 Å². The zero-order valence-corrected chi connectivity index (χ0v) is 9.31. The first kappa shape index (κ1) is 11.8. The fraction of sp³-hybridized carbons (Fsp3) is 0.0833. The zero-order valence-electron chi connectivity index (χ0n) is 9.31. The fourth-order valence-corrected chi connectivity index (χ4v) is 1.60. The molecule has 0 amide bonds. The number of benzene rings is 1. The number of carbonyl (C=O) groups is 1. The number of aromatic carboxylic acids is 1. The van der Waals surface area contributed by atoms with Gasteiger partial charge in [-0.3, -0.25) is 10.1 Å². The summed E-state index contributed by atoms with van der Waals surface area (Å²) in [4.78, 5) is 20.7. The monoisotopic (exact) mass is 246 g/mol. The molecule has 0 saturated carbocycles. The highest BCUT2D eigenvalue weighted by Crippen LogP contribution is 2.13. The summed E-state index contributed by atoms with van der Waals surface area (Å²) in [6.07, 6.45) is 3.18. The summed E-state index contributed by atoms with van der Waals surface area (Å²) in [6.45, 7) is 0.477. The van der Waals surface area contributed by atoms with Gasteiger partial charge in [-0.25, -0.2) is 4.79 Å². The molecule has 0 atom stereocenters. The number of rotatable bonds is 4. The smallest absolute Gasteiger partial charge is 0.337 e. The van der Waals surface area contributed by atoms with E-state index >= 15 is 0 Å². The summed E-state index contributed by atoms with van der Waals surface area (Å²) in [6, 6.07) is 7.67. The van der Waals surface area contributed by atoms with Gasteiger partial charge in [0.25, 0.3) is 5.69 Å². The average Bonchev–Trinajstić information content (AvgIpc) is 2.78. The molecule has 0 aliphatic rings. The van der Waals surface area contributed by atoms with Gasteiger partial charge in [0.1, 0.15) is 0 Å². The number of hydrogen-bond acceptors (Lipinski definition) is 3. The maximum Gasteiger partial charge on any atom is 0.337 e. The third-order valence-corrected chi connectivity index (χ3v) is 2.51. The van der Waals surface area contributed by atoms with Crippen molar-refractivity contribution in [3.8, 4) is 0 Å². The molecule has 6 nitrogen and oxygen atoms in total. The molecular weight excluding hydrogens is 236 g/mol. The second kappa shape index (κ2) is 4.70. The Morgan fingerprint density at radius 2 is 1.94 bits per heavy atom. The van der Waals surface area contributed by atoms with Gasteiger partial charge < -0.3 is 9.67 Å². The van der Waals surface area contributed by atoms with E-state index in [1.807, 2.05) is 0 Å². The minimum atomic E-state index is -0.975. The van der Waals surface area contributed by atoms with Crippen LogP contribution in [0.3, 0.4) is 0 Å². The molecule has 0 radical (unpaired) electrons. The van der Waals surface area contributed by atoms with Gasteiger partial charge in [-0.2, -0.15) is 0 Å². The van der Waals surface area contributed by atoms with Crippen molar-refractivity contribution in [1.82, 2.24) is 4.57 Å². The van der Waals surface area contributed by atoms with E-state index in [-0.39, 0.29) is 11.3 Å². The van der Waals surface area contributed by atoms with Crippen LogP contribution in [0.4, 0.5) is 5.69 Å². The third-order valence-electron chi connectivity index (χ3n) is 2.51. The first-order valence-corrected chi connectivity index (χ1v) is 5.18. The Kier molecular flexibility index (Phi) is 3.09. The number of nitrogens with zero attached hydrogens (tertiary/aromatic N) is 2. The Hall–Kier alpha value is -2.63.